The van der Waals surface area contributed by atoms with Crippen LogP contribution in [0, 0.1) is 19.6 Å². The molecule has 1 aromatic rings. The molecule has 2 N–H and O–H groups in total. The topological polar surface area (TPSA) is 75.4 Å². The second-order valence-electron chi connectivity index (χ2n) is 5.68. The monoisotopic (exact) mass is 390 g/mol. The average Bonchev–Trinajstić information content (AvgIpc) is 2.41. The number of nitrogens with one attached hydrogen (secondary N) is 1. The zero-order valence-corrected chi connectivity index (χ0v) is 13.6. The van der Waals surface area contributed by atoms with Gasteiger partial charge in [0.15, 0.2) is 0 Å². The number of aliphatic hydroxyl groups is 1. The molecule has 0 bridgehead atoms. The quantitative estimate of drug-likeness (QED) is 0.469. The molecule has 0 amide bonds. The predicted molar refractivity (Wildman–Crippen MR) is 86.9 cm³/mol. The van der Waals surface area contributed by atoms with Gasteiger partial charge in [0.05, 0.1) is 10.5 Å². The van der Waals surface area contributed by atoms with E-state index in [9.17, 15) is 15.2 Å². The van der Waals surface area contributed by atoms with E-state index in [-0.39, 0.29) is 5.69 Å². The zero-order chi connectivity index (χ0) is 14.8. The first kappa shape index (κ1) is 15.5. The molecule has 0 aliphatic heterocycles. The summed E-state index contributed by atoms with van der Waals surface area (Å²) in [4.78, 5) is 10.7. The number of hydrogen-bond acceptors (Lipinski definition) is 4. The van der Waals surface area contributed by atoms with E-state index in [2.05, 4.69) is 34.8 Å². The van der Waals surface area contributed by atoms with Gasteiger partial charge in [-0.2, -0.15) is 0 Å². The summed E-state index contributed by atoms with van der Waals surface area (Å²) in [7, 11) is 0. The maximum Gasteiger partial charge on any atom is 0.293 e. The van der Waals surface area contributed by atoms with Crippen LogP contribution in [-0.2, 0) is 0 Å². The number of nitro groups is 1. The standard InChI is InChI=1S/C14H19IN2O3/c1-10-4-6-14(18,7-5-10)9-16-12-3-2-11(15)8-13(12)17(19)20/h2-3,8,10,16,18H,4-7,9H2,1H3. The van der Waals surface area contributed by atoms with Gasteiger partial charge in [0.1, 0.15) is 5.69 Å². The van der Waals surface area contributed by atoms with Crippen molar-refractivity contribution >= 4 is 34.0 Å². The second-order valence-corrected chi connectivity index (χ2v) is 6.92. The molecule has 20 heavy (non-hydrogen) atoms. The van der Waals surface area contributed by atoms with Crippen LogP contribution >= 0.6 is 22.6 Å². The molecule has 0 spiro atoms. The van der Waals surface area contributed by atoms with Crippen molar-refractivity contribution in [2.75, 3.05) is 11.9 Å². The van der Waals surface area contributed by atoms with E-state index in [1.165, 1.54) is 6.07 Å². The molecule has 0 radical (unpaired) electrons. The first-order valence-corrected chi connectivity index (χ1v) is 7.88. The highest BCUT2D eigenvalue weighted by molar-refractivity contribution is 14.1. The summed E-state index contributed by atoms with van der Waals surface area (Å²) in [5, 5.41) is 24.6. The van der Waals surface area contributed by atoms with E-state index < -0.39 is 10.5 Å². The van der Waals surface area contributed by atoms with Crippen LogP contribution in [-0.4, -0.2) is 22.2 Å². The third-order valence-corrected chi connectivity index (χ3v) is 4.64. The first-order valence-electron chi connectivity index (χ1n) is 6.80. The van der Waals surface area contributed by atoms with E-state index in [1.54, 1.807) is 6.07 Å². The summed E-state index contributed by atoms with van der Waals surface area (Å²) in [5.41, 5.74) is -0.212. The lowest BCUT2D eigenvalue weighted by Gasteiger charge is -2.35. The lowest BCUT2D eigenvalue weighted by atomic mass is 9.79. The molecule has 1 saturated carbocycles. The van der Waals surface area contributed by atoms with Crippen molar-refractivity contribution in [1.29, 1.82) is 0 Å². The Labute approximate surface area is 132 Å². The average molecular weight is 390 g/mol. The van der Waals surface area contributed by atoms with Gasteiger partial charge >= 0.3 is 0 Å². The Bertz CT molecular complexity index is 499. The maximum absolute atomic E-state index is 11.0. The number of anilines is 1. The van der Waals surface area contributed by atoms with Gasteiger partial charge in [0, 0.05) is 16.2 Å². The summed E-state index contributed by atoms with van der Waals surface area (Å²) in [5.74, 6) is 0.655. The molecule has 0 aromatic heterocycles. The Hall–Kier alpha value is -0.890. The van der Waals surface area contributed by atoms with Crippen molar-refractivity contribution in [1.82, 2.24) is 0 Å². The Morgan fingerprint density at radius 3 is 2.75 bits per heavy atom. The van der Waals surface area contributed by atoms with Crippen LogP contribution in [0.15, 0.2) is 18.2 Å². The van der Waals surface area contributed by atoms with Crippen LogP contribution in [0.4, 0.5) is 11.4 Å². The molecule has 1 fully saturated rings. The first-order chi connectivity index (χ1) is 9.39. The van der Waals surface area contributed by atoms with E-state index >= 15 is 0 Å². The number of rotatable bonds is 4. The van der Waals surface area contributed by atoms with Crippen molar-refractivity contribution < 1.29 is 10.0 Å². The molecular formula is C14H19IN2O3. The lowest BCUT2D eigenvalue weighted by Crippen LogP contribution is -2.40. The highest BCUT2D eigenvalue weighted by Gasteiger charge is 2.32. The lowest BCUT2D eigenvalue weighted by molar-refractivity contribution is -0.384. The Kier molecular flexibility index (Phi) is 4.85. The smallest absolute Gasteiger partial charge is 0.293 e. The van der Waals surface area contributed by atoms with Crippen molar-refractivity contribution in [2.24, 2.45) is 5.92 Å². The van der Waals surface area contributed by atoms with E-state index in [4.69, 9.17) is 0 Å². The molecule has 6 heteroatoms. The number of nitrogens with zero attached hydrogens (tertiary/aromatic N) is 1. The van der Waals surface area contributed by atoms with E-state index in [0.717, 1.165) is 29.3 Å². The molecule has 0 unspecified atom stereocenters. The second kappa shape index (κ2) is 6.26. The summed E-state index contributed by atoms with van der Waals surface area (Å²) in [6.07, 6.45) is 3.51. The van der Waals surface area contributed by atoms with Crippen molar-refractivity contribution in [3.63, 3.8) is 0 Å². The van der Waals surface area contributed by atoms with Gasteiger partial charge in [-0.05, 0) is 66.3 Å². The largest absolute Gasteiger partial charge is 0.388 e. The van der Waals surface area contributed by atoms with Crippen LogP contribution in [0.2, 0.25) is 0 Å². The minimum atomic E-state index is -0.747. The minimum Gasteiger partial charge on any atom is -0.388 e. The third-order valence-electron chi connectivity index (χ3n) is 3.97. The van der Waals surface area contributed by atoms with Crippen molar-refractivity contribution in [3.8, 4) is 0 Å². The van der Waals surface area contributed by atoms with Crippen molar-refractivity contribution in [3.05, 3.63) is 31.9 Å². The molecule has 110 valence electrons. The normalized spacial score (nSPS) is 26.2. The fraction of sp³-hybridized carbons (Fsp3) is 0.571. The molecule has 1 aliphatic carbocycles. The molecule has 0 saturated heterocycles. The highest BCUT2D eigenvalue weighted by Crippen LogP contribution is 2.33. The summed E-state index contributed by atoms with van der Waals surface area (Å²) >= 11 is 2.05. The maximum atomic E-state index is 11.0. The van der Waals surface area contributed by atoms with E-state index in [0.29, 0.717) is 18.2 Å². The van der Waals surface area contributed by atoms with Crippen LogP contribution in [0.25, 0.3) is 0 Å². The number of nitro benzene ring substituents is 1. The Balaban J connectivity index is 2.05. The van der Waals surface area contributed by atoms with Crippen LogP contribution in [0.3, 0.4) is 0 Å². The summed E-state index contributed by atoms with van der Waals surface area (Å²) in [6.45, 7) is 2.55. The van der Waals surface area contributed by atoms with Gasteiger partial charge in [-0.1, -0.05) is 6.92 Å². The number of benzene rings is 1. The molecule has 0 heterocycles. The van der Waals surface area contributed by atoms with E-state index in [1.807, 2.05) is 6.07 Å². The molecule has 5 nitrogen and oxygen atoms in total. The van der Waals surface area contributed by atoms with Gasteiger partial charge in [-0.3, -0.25) is 10.1 Å². The predicted octanol–water partition coefficient (Wildman–Crippen LogP) is 3.55. The summed E-state index contributed by atoms with van der Waals surface area (Å²) < 4.78 is 0.824. The third kappa shape index (κ3) is 3.82. The molecular weight excluding hydrogens is 371 g/mol. The van der Waals surface area contributed by atoms with Crippen LogP contribution in [0.5, 0.6) is 0 Å². The molecule has 1 aromatic carbocycles. The van der Waals surface area contributed by atoms with Gasteiger partial charge in [0.25, 0.3) is 5.69 Å². The van der Waals surface area contributed by atoms with Gasteiger partial charge in [0.2, 0.25) is 0 Å². The molecule has 1 aliphatic rings. The minimum absolute atomic E-state index is 0.0599. The fourth-order valence-electron chi connectivity index (χ4n) is 2.54. The van der Waals surface area contributed by atoms with Crippen molar-refractivity contribution in [2.45, 2.75) is 38.2 Å². The van der Waals surface area contributed by atoms with Gasteiger partial charge in [-0.25, -0.2) is 0 Å². The summed E-state index contributed by atoms with van der Waals surface area (Å²) in [6, 6.07) is 5.06. The zero-order valence-electron chi connectivity index (χ0n) is 11.4. The molecule has 2 rings (SSSR count). The van der Waals surface area contributed by atoms with Crippen LogP contribution < -0.4 is 5.32 Å². The Morgan fingerprint density at radius 1 is 1.50 bits per heavy atom. The SMILES string of the molecule is CC1CCC(O)(CNc2ccc(I)cc2[N+](=O)[O-])CC1. The van der Waals surface area contributed by atoms with Gasteiger partial charge < -0.3 is 10.4 Å². The number of halogens is 1. The highest BCUT2D eigenvalue weighted by atomic mass is 127. The molecule has 0 atom stereocenters. The van der Waals surface area contributed by atoms with Gasteiger partial charge in [-0.15, -0.1) is 0 Å². The fourth-order valence-corrected chi connectivity index (χ4v) is 3.02. The Morgan fingerprint density at radius 2 is 2.15 bits per heavy atom. The number of hydrogen-bond donors (Lipinski definition) is 2. The van der Waals surface area contributed by atoms with Crippen LogP contribution in [0.1, 0.15) is 32.6 Å².